The van der Waals surface area contributed by atoms with Gasteiger partial charge in [0.1, 0.15) is 16.0 Å². The Morgan fingerprint density at radius 1 is 1.20 bits per heavy atom. The summed E-state index contributed by atoms with van der Waals surface area (Å²) >= 11 is 3.33. The molecule has 2 nitrogen and oxygen atoms in total. The summed E-state index contributed by atoms with van der Waals surface area (Å²) in [6.07, 6.45) is 6.39. The van der Waals surface area contributed by atoms with Gasteiger partial charge in [-0.05, 0) is 53.7 Å². The monoisotopic (exact) mass is 270 g/mol. The van der Waals surface area contributed by atoms with Crippen LogP contribution in [-0.4, -0.2) is 11.2 Å². The van der Waals surface area contributed by atoms with Crippen LogP contribution < -0.4 is 4.74 Å². The van der Waals surface area contributed by atoms with Gasteiger partial charge in [0.05, 0.1) is 6.10 Å². The topological polar surface area (TPSA) is 29.5 Å². The lowest BCUT2D eigenvalue weighted by Gasteiger charge is -2.23. The highest BCUT2D eigenvalue weighted by Crippen LogP contribution is 2.35. The fourth-order valence-corrected chi connectivity index (χ4v) is 2.31. The number of aromatic hydroxyl groups is 1. The predicted octanol–water partition coefficient (Wildman–Crippen LogP) is 3.87. The molecule has 15 heavy (non-hydrogen) atoms. The van der Waals surface area contributed by atoms with E-state index in [0.29, 0.717) is 10.6 Å². The minimum Gasteiger partial charge on any atom is -0.507 e. The van der Waals surface area contributed by atoms with E-state index in [0.717, 1.165) is 18.6 Å². The minimum atomic E-state index is 0.239. The summed E-state index contributed by atoms with van der Waals surface area (Å²) in [5, 5.41) is 9.50. The van der Waals surface area contributed by atoms with Crippen molar-refractivity contribution in [1.29, 1.82) is 0 Å². The van der Waals surface area contributed by atoms with Crippen LogP contribution in [0.25, 0.3) is 0 Å². The molecule has 1 aliphatic carbocycles. The second kappa shape index (κ2) is 4.88. The molecule has 0 radical (unpaired) electrons. The van der Waals surface area contributed by atoms with E-state index in [1.807, 2.05) is 6.07 Å². The summed E-state index contributed by atoms with van der Waals surface area (Å²) in [5.41, 5.74) is 0. The fraction of sp³-hybridized carbons (Fsp3) is 0.500. The van der Waals surface area contributed by atoms with Gasteiger partial charge in [-0.15, -0.1) is 0 Å². The molecule has 82 valence electrons. The van der Waals surface area contributed by atoms with Crippen LogP contribution in [0, 0.1) is 0 Å². The molecule has 1 fully saturated rings. The number of hydrogen-bond acceptors (Lipinski definition) is 2. The highest BCUT2D eigenvalue weighted by atomic mass is 79.9. The first-order valence-corrected chi connectivity index (χ1v) is 6.21. The van der Waals surface area contributed by atoms with Gasteiger partial charge in [-0.3, -0.25) is 0 Å². The Labute approximate surface area is 98.4 Å². The van der Waals surface area contributed by atoms with Gasteiger partial charge >= 0.3 is 0 Å². The van der Waals surface area contributed by atoms with E-state index in [1.165, 1.54) is 19.3 Å². The van der Waals surface area contributed by atoms with E-state index in [4.69, 9.17) is 4.74 Å². The molecule has 1 saturated carbocycles. The Morgan fingerprint density at radius 3 is 2.67 bits per heavy atom. The molecule has 2 rings (SSSR count). The van der Waals surface area contributed by atoms with Crippen LogP contribution in [0.2, 0.25) is 0 Å². The molecule has 0 amide bonds. The van der Waals surface area contributed by atoms with E-state index in [2.05, 4.69) is 15.9 Å². The predicted molar refractivity (Wildman–Crippen MR) is 63.3 cm³/mol. The average molecular weight is 271 g/mol. The molecule has 1 aliphatic rings. The van der Waals surface area contributed by atoms with E-state index >= 15 is 0 Å². The maximum atomic E-state index is 9.50. The van der Waals surface area contributed by atoms with Crippen LogP contribution in [0.15, 0.2) is 22.7 Å². The minimum absolute atomic E-state index is 0.239. The zero-order chi connectivity index (χ0) is 10.7. The molecule has 3 heteroatoms. The zero-order valence-corrected chi connectivity index (χ0v) is 10.2. The lowest BCUT2D eigenvalue weighted by atomic mass is 9.98. The zero-order valence-electron chi connectivity index (χ0n) is 8.58. The molecule has 0 spiro atoms. The third-order valence-electron chi connectivity index (χ3n) is 2.79. The smallest absolute Gasteiger partial charge is 0.137 e. The largest absolute Gasteiger partial charge is 0.507 e. The molecule has 0 bridgehead atoms. The maximum absolute atomic E-state index is 9.50. The molecule has 0 saturated heterocycles. The average Bonchev–Trinajstić information content (AvgIpc) is 2.26. The van der Waals surface area contributed by atoms with E-state index in [1.54, 1.807) is 12.1 Å². The van der Waals surface area contributed by atoms with Crippen LogP contribution in [0.5, 0.6) is 11.5 Å². The van der Waals surface area contributed by atoms with Crippen molar-refractivity contribution in [3.8, 4) is 11.5 Å². The highest BCUT2D eigenvalue weighted by Gasteiger charge is 2.16. The first-order chi connectivity index (χ1) is 7.27. The normalized spacial score (nSPS) is 17.7. The summed E-state index contributed by atoms with van der Waals surface area (Å²) in [6, 6.07) is 5.34. The highest BCUT2D eigenvalue weighted by molar-refractivity contribution is 9.10. The summed E-state index contributed by atoms with van der Waals surface area (Å²) < 4.78 is 6.52. The Morgan fingerprint density at radius 2 is 1.93 bits per heavy atom. The van der Waals surface area contributed by atoms with Gasteiger partial charge in [-0.1, -0.05) is 12.5 Å². The van der Waals surface area contributed by atoms with Crippen LogP contribution in [-0.2, 0) is 0 Å². The molecule has 0 aromatic heterocycles. The van der Waals surface area contributed by atoms with E-state index in [9.17, 15) is 5.11 Å². The van der Waals surface area contributed by atoms with E-state index in [-0.39, 0.29) is 5.75 Å². The SMILES string of the molecule is Oc1cccc(OC2CCCCC2)c1Br. The third-order valence-corrected chi connectivity index (χ3v) is 3.59. The van der Waals surface area contributed by atoms with Gasteiger partial charge in [0.25, 0.3) is 0 Å². The van der Waals surface area contributed by atoms with Gasteiger partial charge in [0.15, 0.2) is 0 Å². The lowest BCUT2D eigenvalue weighted by molar-refractivity contribution is 0.153. The Balaban J connectivity index is 2.06. The number of phenolic OH excluding ortho intramolecular Hbond substituents is 1. The second-order valence-electron chi connectivity index (χ2n) is 3.97. The van der Waals surface area contributed by atoms with Crippen molar-refractivity contribution in [2.45, 2.75) is 38.2 Å². The van der Waals surface area contributed by atoms with Gasteiger partial charge < -0.3 is 9.84 Å². The van der Waals surface area contributed by atoms with Gasteiger partial charge in [0.2, 0.25) is 0 Å². The summed E-state index contributed by atoms with van der Waals surface area (Å²) in [7, 11) is 0. The molecule has 0 unspecified atom stereocenters. The number of hydrogen-bond donors (Lipinski definition) is 1. The number of benzene rings is 1. The van der Waals surface area contributed by atoms with Crippen molar-refractivity contribution < 1.29 is 9.84 Å². The van der Waals surface area contributed by atoms with Crippen molar-refractivity contribution in [1.82, 2.24) is 0 Å². The molecule has 1 aromatic rings. The molecular weight excluding hydrogens is 256 g/mol. The van der Waals surface area contributed by atoms with Gasteiger partial charge in [0, 0.05) is 0 Å². The summed E-state index contributed by atoms with van der Waals surface area (Å²) in [4.78, 5) is 0. The first kappa shape index (κ1) is 10.8. The molecule has 0 atom stereocenters. The van der Waals surface area contributed by atoms with Crippen LogP contribution in [0.1, 0.15) is 32.1 Å². The molecule has 1 N–H and O–H groups in total. The van der Waals surface area contributed by atoms with Crippen LogP contribution >= 0.6 is 15.9 Å². The summed E-state index contributed by atoms with van der Waals surface area (Å²) in [6.45, 7) is 0. The number of rotatable bonds is 2. The first-order valence-electron chi connectivity index (χ1n) is 5.41. The Hall–Kier alpha value is -0.700. The van der Waals surface area contributed by atoms with Crippen LogP contribution in [0.4, 0.5) is 0 Å². The van der Waals surface area contributed by atoms with Crippen molar-refractivity contribution in [3.05, 3.63) is 22.7 Å². The summed E-state index contributed by atoms with van der Waals surface area (Å²) in [5.74, 6) is 0.991. The lowest BCUT2D eigenvalue weighted by Crippen LogP contribution is -2.19. The number of halogens is 1. The van der Waals surface area contributed by atoms with Crippen molar-refractivity contribution in [2.75, 3.05) is 0 Å². The quantitative estimate of drug-likeness (QED) is 0.884. The standard InChI is InChI=1S/C12H15BrO2/c13-12-10(14)7-4-8-11(12)15-9-5-2-1-3-6-9/h4,7-9,14H,1-3,5-6H2. The van der Waals surface area contributed by atoms with Gasteiger partial charge in [-0.25, -0.2) is 0 Å². The van der Waals surface area contributed by atoms with Crippen molar-refractivity contribution in [2.24, 2.45) is 0 Å². The van der Waals surface area contributed by atoms with Gasteiger partial charge in [-0.2, -0.15) is 0 Å². The Kier molecular flexibility index (Phi) is 3.52. The molecule has 0 aliphatic heterocycles. The third kappa shape index (κ3) is 2.65. The number of ether oxygens (including phenoxy) is 1. The number of phenols is 1. The molecule has 0 heterocycles. The second-order valence-corrected chi connectivity index (χ2v) is 4.76. The molecular formula is C12H15BrO2. The molecule has 1 aromatic carbocycles. The Bertz CT molecular complexity index is 332. The van der Waals surface area contributed by atoms with Crippen molar-refractivity contribution >= 4 is 15.9 Å². The maximum Gasteiger partial charge on any atom is 0.137 e. The van der Waals surface area contributed by atoms with E-state index < -0.39 is 0 Å². The fourth-order valence-electron chi connectivity index (χ4n) is 1.95. The van der Waals surface area contributed by atoms with Crippen molar-refractivity contribution in [3.63, 3.8) is 0 Å². The van der Waals surface area contributed by atoms with Crippen LogP contribution in [0.3, 0.4) is 0 Å².